The minimum Gasteiger partial charge on any atom is -0.456 e. The lowest BCUT2D eigenvalue weighted by molar-refractivity contribution is -0.115. The van der Waals surface area contributed by atoms with E-state index in [1.165, 1.54) is 6.07 Å². The monoisotopic (exact) mass is 349 g/mol. The Kier molecular flexibility index (Phi) is 3.74. The molecule has 1 saturated heterocycles. The van der Waals surface area contributed by atoms with Crippen molar-refractivity contribution in [1.82, 2.24) is 5.32 Å². The molecular formula is C19H11NO4S. The van der Waals surface area contributed by atoms with Crippen molar-refractivity contribution in [3.8, 4) is 11.3 Å². The standard InChI is InChI=1S/C19H11NO4S/c21-14-10-16(12-4-2-1-3-5-12)24-15-7-6-11(8-13(14)15)9-17-18(22)20-19(23)25-17/h1-10H,(H,20,22,23)/b17-9-. The summed E-state index contributed by atoms with van der Waals surface area (Å²) >= 11 is 0.838. The van der Waals surface area contributed by atoms with Crippen molar-refractivity contribution in [3.63, 3.8) is 0 Å². The van der Waals surface area contributed by atoms with Gasteiger partial charge in [0.15, 0.2) is 5.43 Å². The number of carbonyl (C=O) groups is 2. The average molecular weight is 349 g/mol. The van der Waals surface area contributed by atoms with Crippen LogP contribution in [0.3, 0.4) is 0 Å². The van der Waals surface area contributed by atoms with Crippen LogP contribution in [0, 0.1) is 0 Å². The number of hydrogen-bond donors (Lipinski definition) is 1. The van der Waals surface area contributed by atoms with Crippen LogP contribution in [0.4, 0.5) is 4.79 Å². The Morgan fingerprint density at radius 1 is 0.960 bits per heavy atom. The Bertz CT molecular complexity index is 1100. The summed E-state index contributed by atoms with van der Waals surface area (Å²) in [6.07, 6.45) is 1.58. The molecule has 2 heterocycles. The lowest BCUT2D eigenvalue weighted by Gasteiger charge is -2.04. The number of carbonyl (C=O) groups excluding carboxylic acids is 2. The van der Waals surface area contributed by atoms with Gasteiger partial charge in [0.1, 0.15) is 11.3 Å². The highest BCUT2D eigenvalue weighted by atomic mass is 32.2. The van der Waals surface area contributed by atoms with Gasteiger partial charge in [-0.05, 0) is 35.5 Å². The quantitative estimate of drug-likeness (QED) is 0.713. The van der Waals surface area contributed by atoms with Crippen LogP contribution < -0.4 is 10.7 Å². The summed E-state index contributed by atoms with van der Waals surface area (Å²) in [5.41, 5.74) is 1.78. The largest absolute Gasteiger partial charge is 0.456 e. The van der Waals surface area contributed by atoms with Gasteiger partial charge in [0.2, 0.25) is 0 Å². The number of amides is 2. The predicted octanol–water partition coefficient (Wildman–Crippen LogP) is 3.78. The Balaban J connectivity index is 1.79. The maximum atomic E-state index is 12.5. The summed E-state index contributed by atoms with van der Waals surface area (Å²) < 4.78 is 5.83. The lowest BCUT2D eigenvalue weighted by Crippen LogP contribution is -2.17. The first-order valence-corrected chi connectivity index (χ1v) is 8.30. The molecule has 0 atom stereocenters. The molecule has 1 aliphatic rings. The highest BCUT2D eigenvalue weighted by molar-refractivity contribution is 8.18. The molecule has 1 fully saturated rings. The van der Waals surface area contributed by atoms with Gasteiger partial charge in [-0.3, -0.25) is 19.7 Å². The van der Waals surface area contributed by atoms with Crippen LogP contribution in [0.1, 0.15) is 5.56 Å². The van der Waals surface area contributed by atoms with Crippen molar-refractivity contribution in [2.24, 2.45) is 0 Å². The van der Waals surface area contributed by atoms with Crippen LogP contribution in [0.5, 0.6) is 0 Å². The normalized spacial score (nSPS) is 15.8. The van der Waals surface area contributed by atoms with Crippen molar-refractivity contribution >= 4 is 40.0 Å². The van der Waals surface area contributed by atoms with Crippen LogP contribution in [0.15, 0.2) is 68.7 Å². The molecule has 6 heteroatoms. The van der Waals surface area contributed by atoms with Crippen molar-refractivity contribution in [2.45, 2.75) is 0 Å². The zero-order valence-corrected chi connectivity index (χ0v) is 13.6. The molecule has 1 N–H and O–H groups in total. The second-order valence-electron chi connectivity index (χ2n) is 5.45. The van der Waals surface area contributed by atoms with E-state index in [9.17, 15) is 14.4 Å². The van der Waals surface area contributed by atoms with Crippen LogP contribution >= 0.6 is 11.8 Å². The fraction of sp³-hybridized carbons (Fsp3) is 0. The predicted molar refractivity (Wildman–Crippen MR) is 97.0 cm³/mol. The second kappa shape index (κ2) is 6.07. The summed E-state index contributed by atoms with van der Waals surface area (Å²) in [6.45, 7) is 0. The van der Waals surface area contributed by atoms with Crippen molar-refractivity contribution < 1.29 is 14.0 Å². The summed E-state index contributed by atoms with van der Waals surface area (Å²) in [5.74, 6) is 0.0714. The van der Waals surface area contributed by atoms with E-state index in [0.29, 0.717) is 27.2 Å². The maximum absolute atomic E-state index is 12.5. The summed E-state index contributed by atoms with van der Waals surface area (Å²) in [4.78, 5) is 35.6. The Hall–Kier alpha value is -3.12. The van der Waals surface area contributed by atoms with E-state index in [4.69, 9.17) is 4.42 Å². The molecule has 1 aliphatic heterocycles. The van der Waals surface area contributed by atoms with E-state index in [2.05, 4.69) is 5.32 Å². The van der Waals surface area contributed by atoms with E-state index in [1.807, 2.05) is 30.3 Å². The number of benzene rings is 2. The van der Waals surface area contributed by atoms with Gasteiger partial charge in [-0.1, -0.05) is 36.4 Å². The average Bonchev–Trinajstić information content (AvgIpc) is 2.93. The third-order valence-electron chi connectivity index (χ3n) is 3.75. The molecule has 4 rings (SSSR count). The number of fused-ring (bicyclic) bond motifs is 1. The van der Waals surface area contributed by atoms with Crippen LogP contribution in [0.25, 0.3) is 28.4 Å². The zero-order valence-electron chi connectivity index (χ0n) is 12.8. The molecule has 2 aromatic carbocycles. The molecule has 3 aromatic rings. The number of hydrogen-bond acceptors (Lipinski definition) is 5. The van der Waals surface area contributed by atoms with Crippen LogP contribution in [0.2, 0.25) is 0 Å². The van der Waals surface area contributed by atoms with Gasteiger partial charge in [-0.15, -0.1) is 0 Å². The van der Waals surface area contributed by atoms with Crippen molar-refractivity contribution in [2.75, 3.05) is 0 Å². The fourth-order valence-electron chi connectivity index (χ4n) is 2.58. The number of imide groups is 1. The molecule has 0 spiro atoms. The minimum atomic E-state index is -0.429. The summed E-state index contributed by atoms with van der Waals surface area (Å²) in [5, 5.41) is 2.22. The van der Waals surface area contributed by atoms with E-state index < -0.39 is 11.1 Å². The van der Waals surface area contributed by atoms with Gasteiger partial charge in [0.05, 0.1) is 10.3 Å². The number of thioether (sulfide) groups is 1. The Morgan fingerprint density at radius 2 is 1.76 bits per heavy atom. The van der Waals surface area contributed by atoms with Crippen LogP contribution in [-0.2, 0) is 4.79 Å². The van der Waals surface area contributed by atoms with Gasteiger partial charge in [-0.25, -0.2) is 0 Å². The maximum Gasteiger partial charge on any atom is 0.290 e. The highest BCUT2D eigenvalue weighted by Gasteiger charge is 2.24. The van der Waals surface area contributed by atoms with Gasteiger partial charge in [-0.2, -0.15) is 0 Å². The molecule has 5 nitrogen and oxygen atoms in total. The first kappa shape index (κ1) is 15.4. The SMILES string of the molecule is O=C1NC(=O)/C(=C/c2ccc3oc(-c4ccccc4)cc(=O)c3c2)S1. The second-order valence-corrected chi connectivity index (χ2v) is 6.46. The highest BCUT2D eigenvalue weighted by Crippen LogP contribution is 2.27. The Labute approximate surface area is 146 Å². The van der Waals surface area contributed by atoms with E-state index in [-0.39, 0.29) is 5.43 Å². The molecule has 0 unspecified atom stereocenters. The van der Waals surface area contributed by atoms with E-state index >= 15 is 0 Å². The van der Waals surface area contributed by atoms with Crippen molar-refractivity contribution in [3.05, 3.63) is 75.3 Å². The molecule has 122 valence electrons. The molecule has 0 radical (unpaired) electrons. The molecule has 0 aliphatic carbocycles. The zero-order chi connectivity index (χ0) is 17.4. The van der Waals surface area contributed by atoms with Gasteiger partial charge in [0, 0.05) is 11.6 Å². The topological polar surface area (TPSA) is 76.4 Å². The summed E-state index contributed by atoms with van der Waals surface area (Å²) in [6, 6.07) is 15.9. The summed E-state index contributed by atoms with van der Waals surface area (Å²) in [7, 11) is 0. The van der Waals surface area contributed by atoms with E-state index in [0.717, 1.165) is 17.3 Å². The third-order valence-corrected chi connectivity index (χ3v) is 4.56. The molecule has 0 bridgehead atoms. The Morgan fingerprint density at radius 3 is 2.48 bits per heavy atom. The first-order valence-electron chi connectivity index (χ1n) is 7.48. The molecule has 0 saturated carbocycles. The minimum absolute atomic E-state index is 0.167. The third kappa shape index (κ3) is 2.99. The van der Waals surface area contributed by atoms with Gasteiger partial charge in [0.25, 0.3) is 11.1 Å². The van der Waals surface area contributed by atoms with Crippen LogP contribution in [-0.4, -0.2) is 11.1 Å². The van der Waals surface area contributed by atoms with E-state index in [1.54, 1.807) is 24.3 Å². The smallest absolute Gasteiger partial charge is 0.290 e. The van der Waals surface area contributed by atoms with Gasteiger partial charge >= 0.3 is 0 Å². The lowest BCUT2D eigenvalue weighted by atomic mass is 10.1. The molecule has 2 amide bonds. The van der Waals surface area contributed by atoms with Crippen molar-refractivity contribution in [1.29, 1.82) is 0 Å². The number of rotatable bonds is 2. The molecular weight excluding hydrogens is 338 g/mol. The number of nitrogens with one attached hydrogen (secondary N) is 1. The van der Waals surface area contributed by atoms with Gasteiger partial charge < -0.3 is 4.42 Å². The molecule has 1 aromatic heterocycles. The first-order chi connectivity index (χ1) is 12.1. The fourth-order valence-corrected chi connectivity index (χ4v) is 3.26. The molecule has 25 heavy (non-hydrogen) atoms.